The Morgan fingerprint density at radius 2 is 1.82 bits per heavy atom. The summed E-state index contributed by atoms with van der Waals surface area (Å²) in [4.78, 5) is 16.5. The number of benzene rings is 1. The number of amides is 1. The normalized spacial score (nSPS) is 11.7. The molecule has 0 fully saturated rings. The number of nitrogens with zero attached hydrogens (tertiary/aromatic N) is 2. The molecule has 1 heterocycles. The molecule has 0 saturated heterocycles. The van der Waals surface area contributed by atoms with Crippen LogP contribution in [0.25, 0.3) is 10.4 Å². The van der Waals surface area contributed by atoms with Crippen molar-refractivity contribution in [3.63, 3.8) is 0 Å². The van der Waals surface area contributed by atoms with E-state index >= 15 is 0 Å². The number of carbonyl (C=O) groups is 1. The third kappa shape index (κ3) is 3.34. The summed E-state index contributed by atoms with van der Waals surface area (Å²) in [5.74, 6) is -0.173. The van der Waals surface area contributed by atoms with E-state index in [9.17, 15) is 13.2 Å². The van der Waals surface area contributed by atoms with E-state index in [2.05, 4.69) is 10.3 Å². The molecule has 0 radical (unpaired) electrons. The third-order valence-electron chi connectivity index (χ3n) is 2.97. The van der Waals surface area contributed by atoms with E-state index in [4.69, 9.17) is 0 Å². The first-order valence-corrected chi connectivity index (χ1v) is 8.75. The molecule has 8 heteroatoms. The Morgan fingerprint density at radius 1 is 1.23 bits per heavy atom. The van der Waals surface area contributed by atoms with Crippen LogP contribution < -0.4 is 5.32 Å². The van der Waals surface area contributed by atoms with Gasteiger partial charge in [-0.3, -0.25) is 4.79 Å². The summed E-state index contributed by atoms with van der Waals surface area (Å²) < 4.78 is 25.3. The second-order valence-corrected chi connectivity index (χ2v) is 8.08. The van der Waals surface area contributed by atoms with Gasteiger partial charge >= 0.3 is 0 Å². The van der Waals surface area contributed by atoms with Crippen LogP contribution in [-0.2, 0) is 14.8 Å². The van der Waals surface area contributed by atoms with Gasteiger partial charge in [0.1, 0.15) is 0 Å². The molecule has 1 aromatic carbocycles. The smallest absolute Gasteiger partial charge is 0.242 e. The lowest BCUT2D eigenvalue weighted by Crippen LogP contribution is -2.22. The monoisotopic (exact) mass is 339 g/mol. The van der Waals surface area contributed by atoms with Gasteiger partial charge in [-0.2, -0.15) is 0 Å². The SMILES string of the molecule is CC(=O)Nc1nc(C)c(-c2ccc(S(=O)(=O)N(C)C)cc2)s1. The Hall–Kier alpha value is -1.77. The molecular formula is C14H17N3O3S2. The van der Waals surface area contributed by atoms with E-state index in [1.165, 1.54) is 36.7 Å². The van der Waals surface area contributed by atoms with Crippen molar-refractivity contribution < 1.29 is 13.2 Å². The molecule has 1 aromatic heterocycles. The first-order chi connectivity index (χ1) is 10.2. The summed E-state index contributed by atoms with van der Waals surface area (Å²) in [7, 11) is -0.440. The van der Waals surface area contributed by atoms with Gasteiger partial charge in [-0.25, -0.2) is 17.7 Å². The molecule has 0 spiro atoms. The Morgan fingerprint density at radius 3 is 2.32 bits per heavy atom. The minimum absolute atomic E-state index is 0.173. The number of anilines is 1. The molecule has 0 atom stereocenters. The Bertz CT molecular complexity index is 793. The third-order valence-corrected chi connectivity index (χ3v) is 5.93. The number of carbonyl (C=O) groups excluding carboxylic acids is 1. The average Bonchev–Trinajstić information content (AvgIpc) is 2.78. The van der Waals surface area contributed by atoms with Crippen molar-refractivity contribution in [3.05, 3.63) is 30.0 Å². The fourth-order valence-corrected chi connectivity index (χ4v) is 3.78. The van der Waals surface area contributed by atoms with Crippen molar-refractivity contribution >= 4 is 32.4 Å². The highest BCUT2D eigenvalue weighted by Crippen LogP contribution is 2.33. The lowest BCUT2D eigenvalue weighted by molar-refractivity contribution is -0.114. The second kappa shape index (κ2) is 6.15. The summed E-state index contributed by atoms with van der Waals surface area (Å²) in [5.41, 5.74) is 1.65. The van der Waals surface area contributed by atoms with Crippen molar-refractivity contribution in [3.8, 4) is 10.4 Å². The van der Waals surface area contributed by atoms with Gasteiger partial charge in [-0.15, -0.1) is 0 Å². The van der Waals surface area contributed by atoms with Crippen LogP contribution in [0.5, 0.6) is 0 Å². The number of sulfonamides is 1. The summed E-state index contributed by atoms with van der Waals surface area (Å²) >= 11 is 1.36. The molecule has 2 rings (SSSR count). The highest BCUT2D eigenvalue weighted by molar-refractivity contribution is 7.89. The van der Waals surface area contributed by atoms with E-state index in [1.54, 1.807) is 24.3 Å². The Labute approximate surface area is 133 Å². The summed E-state index contributed by atoms with van der Waals surface area (Å²) in [6, 6.07) is 6.63. The van der Waals surface area contributed by atoms with Crippen LogP contribution in [0.3, 0.4) is 0 Å². The predicted octanol–water partition coefficient (Wildman–Crippen LogP) is 2.33. The number of aromatic nitrogens is 1. The highest BCUT2D eigenvalue weighted by Gasteiger charge is 2.17. The van der Waals surface area contributed by atoms with Crippen LogP contribution in [0.2, 0.25) is 0 Å². The highest BCUT2D eigenvalue weighted by atomic mass is 32.2. The Balaban J connectivity index is 2.36. The van der Waals surface area contributed by atoms with Crippen molar-refractivity contribution in [1.29, 1.82) is 0 Å². The quantitative estimate of drug-likeness (QED) is 0.927. The number of nitrogens with one attached hydrogen (secondary N) is 1. The second-order valence-electron chi connectivity index (χ2n) is 4.93. The number of hydrogen-bond donors (Lipinski definition) is 1. The molecule has 0 saturated carbocycles. The van der Waals surface area contributed by atoms with Crippen LogP contribution in [-0.4, -0.2) is 37.7 Å². The summed E-state index contributed by atoms with van der Waals surface area (Å²) in [6.07, 6.45) is 0. The largest absolute Gasteiger partial charge is 0.302 e. The summed E-state index contributed by atoms with van der Waals surface area (Å²) in [6.45, 7) is 3.28. The number of hydrogen-bond acceptors (Lipinski definition) is 5. The summed E-state index contributed by atoms with van der Waals surface area (Å²) in [5, 5.41) is 3.18. The molecule has 0 aliphatic heterocycles. The molecule has 118 valence electrons. The van der Waals surface area contributed by atoms with E-state index in [0.29, 0.717) is 5.13 Å². The average molecular weight is 339 g/mol. The fourth-order valence-electron chi connectivity index (χ4n) is 1.86. The molecule has 2 aromatic rings. The number of rotatable bonds is 4. The first-order valence-electron chi connectivity index (χ1n) is 6.50. The van der Waals surface area contributed by atoms with Gasteiger partial charge in [0, 0.05) is 21.0 Å². The maximum Gasteiger partial charge on any atom is 0.242 e. The van der Waals surface area contributed by atoms with Crippen molar-refractivity contribution in [1.82, 2.24) is 9.29 Å². The molecule has 1 amide bonds. The van der Waals surface area contributed by atoms with Crippen LogP contribution in [0.1, 0.15) is 12.6 Å². The zero-order valence-electron chi connectivity index (χ0n) is 12.7. The molecule has 0 aliphatic rings. The molecule has 6 nitrogen and oxygen atoms in total. The van der Waals surface area contributed by atoms with E-state index in [1.807, 2.05) is 6.92 Å². The predicted molar refractivity (Wildman–Crippen MR) is 87.5 cm³/mol. The molecule has 22 heavy (non-hydrogen) atoms. The van der Waals surface area contributed by atoms with Crippen LogP contribution in [0.15, 0.2) is 29.2 Å². The topological polar surface area (TPSA) is 79.4 Å². The molecule has 0 bridgehead atoms. The molecule has 0 unspecified atom stereocenters. The minimum atomic E-state index is -3.43. The van der Waals surface area contributed by atoms with E-state index in [0.717, 1.165) is 16.1 Å². The maximum absolute atomic E-state index is 12.0. The molecule has 0 aliphatic carbocycles. The van der Waals surface area contributed by atoms with Crippen molar-refractivity contribution in [2.45, 2.75) is 18.7 Å². The number of aryl methyl sites for hydroxylation is 1. The fraction of sp³-hybridized carbons (Fsp3) is 0.286. The zero-order valence-corrected chi connectivity index (χ0v) is 14.4. The maximum atomic E-state index is 12.0. The van der Waals surface area contributed by atoms with Gasteiger partial charge in [0.2, 0.25) is 15.9 Å². The van der Waals surface area contributed by atoms with Gasteiger partial charge in [0.15, 0.2) is 5.13 Å². The van der Waals surface area contributed by atoms with Gasteiger partial charge in [0.25, 0.3) is 0 Å². The van der Waals surface area contributed by atoms with Gasteiger partial charge < -0.3 is 5.32 Å². The molecular weight excluding hydrogens is 322 g/mol. The van der Waals surface area contributed by atoms with Crippen molar-refractivity contribution in [2.24, 2.45) is 0 Å². The zero-order chi connectivity index (χ0) is 16.5. The van der Waals surface area contributed by atoms with E-state index < -0.39 is 10.0 Å². The van der Waals surface area contributed by atoms with Crippen LogP contribution in [0, 0.1) is 6.92 Å². The van der Waals surface area contributed by atoms with Gasteiger partial charge in [-0.05, 0) is 24.6 Å². The molecule has 1 N–H and O–H groups in total. The lowest BCUT2D eigenvalue weighted by atomic mass is 10.2. The van der Waals surface area contributed by atoms with Crippen molar-refractivity contribution in [2.75, 3.05) is 19.4 Å². The lowest BCUT2D eigenvalue weighted by Gasteiger charge is -2.11. The minimum Gasteiger partial charge on any atom is -0.302 e. The standard InChI is InChI=1S/C14H17N3O3S2/c1-9-13(21-14(15-9)16-10(2)18)11-5-7-12(8-6-11)22(19,20)17(3)4/h5-8H,1-4H3,(H,15,16,18). The van der Waals surface area contributed by atoms with Gasteiger partial charge in [0.05, 0.1) is 15.5 Å². The van der Waals surface area contributed by atoms with Crippen LogP contribution >= 0.6 is 11.3 Å². The number of thiazole rings is 1. The van der Waals surface area contributed by atoms with Crippen LogP contribution in [0.4, 0.5) is 5.13 Å². The van der Waals surface area contributed by atoms with Gasteiger partial charge in [-0.1, -0.05) is 23.5 Å². The first kappa shape index (κ1) is 16.6. The Kier molecular flexibility index (Phi) is 4.64. The van der Waals surface area contributed by atoms with E-state index in [-0.39, 0.29) is 10.8 Å².